The molecule has 0 fully saturated rings. The van der Waals surface area contributed by atoms with Crippen LogP contribution in [0.25, 0.3) is 0 Å². The summed E-state index contributed by atoms with van der Waals surface area (Å²) in [4.78, 5) is 12.5. The number of methoxy groups -OCH3 is 2. The van der Waals surface area contributed by atoms with Gasteiger partial charge in [0.25, 0.3) is 5.91 Å². The van der Waals surface area contributed by atoms with Gasteiger partial charge in [0.15, 0.2) is 11.5 Å². The molecular weight excluding hydrogens is 352 g/mol. The lowest BCUT2D eigenvalue weighted by Crippen LogP contribution is -2.26. The molecule has 0 radical (unpaired) electrons. The van der Waals surface area contributed by atoms with Gasteiger partial charge in [0.05, 0.1) is 14.2 Å². The third-order valence-electron chi connectivity index (χ3n) is 3.86. The van der Waals surface area contributed by atoms with E-state index in [1.165, 1.54) is 0 Å². The first-order valence-electron chi connectivity index (χ1n) is 8.07. The lowest BCUT2D eigenvalue weighted by atomic mass is 10.0. The number of nitrogens with two attached hydrogens (primary N) is 1. The van der Waals surface area contributed by atoms with Gasteiger partial charge in [0.2, 0.25) is 0 Å². The van der Waals surface area contributed by atoms with Crippen molar-refractivity contribution in [1.29, 1.82) is 0 Å². The van der Waals surface area contributed by atoms with Crippen LogP contribution in [0.4, 0.5) is 5.69 Å². The van der Waals surface area contributed by atoms with Crippen LogP contribution in [0, 0.1) is 0 Å². The molecule has 2 aromatic carbocycles. The van der Waals surface area contributed by atoms with Crippen molar-refractivity contribution in [3.63, 3.8) is 0 Å². The number of nitrogens with one attached hydrogen (secondary N) is 1. The van der Waals surface area contributed by atoms with E-state index in [-0.39, 0.29) is 18.3 Å². The van der Waals surface area contributed by atoms with E-state index in [1.54, 1.807) is 26.4 Å². The van der Waals surface area contributed by atoms with Crippen LogP contribution in [0.1, 0.15) is 21.5 Å². The van der Waals surface area contributed by atoms with Crippen LogP contribution in [0.5, 0.6) is 11.5 Å². The number of carbonyl (C=O) groups excluding carboxylic acids is 1. The van der Waals surface area contributed by atoms with Crippen molar-refractivity contribution in [2.75, 3.05) is 26.5 Å². The molecule has 0 aliphatic rings. The zero-order valence-corrected chi connectivity index (χ0v) is 15.9. The Morgan fingerprint density at radius 1 is 1.19 bits per heavy atom. The van der Waals surface area contributed by atoms with Crippen molar-refractivity contribution in [2.24, 2.45) is 0 Å². The zero-order chi connectivity index (χ0) is 18.2. The molecule has 2 rings (SSSR count). The molecule has 1 amide bonds. The summed E-state index contributed by atoms with van der Waals surface area (Å²) in [5.74, 6) is 1.01. The van der Waals surface area contributed by atoms with Crippen molar-refractivity contribution in [1.82, 2.24) is 5.32 Å². The largest absolute Gasteiger partial charge is 0.493 e. The van der Waals surface area contributed by atoms with Crippen LogP contribution in [0.15, 0.2) is 49.1 Å². The van der Waals surface area contributed by atoms with Gasteiger partial charge in [-0.05, 0) is 42.7 Å². The molecule has 0 unspecified atom stereocenters. The average molecular weight is 377 g/mol. The highest BCUT2D eigenvalue weighted by Gasteiger charge is 2.15. The number of hydrogen-bond acceptors (Lipinski definition) is 4. The maximum atomic E-state index is 12.5. The molecule has 5 nitrogen and oxygen atoms in total. The SMILES string of the molecule is C=CCc1cc(C(=O)NCCc2ccc(N)cc2)cc(OC)c1OC.Cl. The highest BCUT2D eigenvalue weighted by molar-refractivity contribution is 5.95. The zero-order valence-electron chi connectivity index (χ0n) is 15.1. The second kappa shape index (κ2) is 10.4. The third kappa shape index (κ3) is 5.43. The number of benzene rings is 2. The molecule has 0 aliphatic heterocycles. The predicted octanol–water partition coefficient (Wildman–Crippen LogP) is 3.41. The summed E-state index contributed by atoms with van der Waals surface area (Å²) in [6, 6.07) is 11.1. The molecule has 0 aromatic heterocycles. The monoisotopic (exact) mass is 376 g/mol. The molecule has 0 heterocycles. The van der Waals surface area contributed by atoms with Gasteiger partial charge >= 0.3 is 0 Å². The maximum Gasteiger partial charge on any atom is 0.251 e. The highest BCUT2D eigenvalue weighted by Crippen LogP contribution is 2.33. The normalized spacial score (nSPS) is 9.77. The first-order chi connectivity index (χ1) is 12.1. The standard InChI is InChI=1S/C20H24N2O3.ClH/c1-4-5-15-12-16(13-18(24-2)19(15)25-3)20(23)22-11-10-14-6-8-17(21)9-7-14;/h4,6-9,12-13H,1,5,10-11,21H2,2-3H3,(H,22,23);1H. The molecule has 0 spiro atoms. The summed E-state index contributed by atoms with van der Waals surface area (Å²) in [5.41, 5.74) is 8.92. The van der Waals surface area contributed by atoms with Gasteiger partial charge in [-0.15, -0.1) is 19.0 Å². The highest BCUT2D eigenvalue weighted by atomic mass is 35.5. The number of hydrogen-bond donors (Lipinski definition) is 2. The van der Waals surface area contributed by atoms with Crippen LogP contribution in [-0.2, 0) is 12.8 Å². The fraction of sp³-hybridized carbons (Fsp3) is 0.250. The van der Waals surface area contributed by atoms with Gasteiger partial charge in [0.1, 0.15) is 0 Å². The van der Waals surface area contributed by atoms with E-state index >= 15 is 0 Å². The van der Waals surface area contributed by atoms with Gasteiger partial charge in [-0.3, -0.25) is 4.79 Å². The lowest BCUT2D eigenvalue weighted by molar-refractivity contribution is 0.0953. The van der Waals surface area contributed by atoms with Crippen LogP contribution < -0.4 is 20.5 Å². The van der Waals surface area contributed by atoms with Crippen molar-refractivity contribution < 1.29 is 14.3 Å². The third-order valence-corrected chi connectivity index (χ3v) is 3.86. The molecule has 0 atom stereocenters. The van der Waals surface area contributed by atoms with E-state index in [0.717, 1.165) is 23.2 Å². The molecule has 0 bridgehead atoms. The van der Waals surface area contributed by atoms with Gasteiger partial charge in [-0.25, -0.2) is 0 Å². The molecular formula is C20H25ClN2O3. The van der Waals surface area contributed by atoms with Crippen LogP contribution in [-0.4, -0.2) is 26.7 Å². The van der Waals surface area contributed by atoms with Crippen LogP contribution in [0.2, 0.25) is 0 Å². The molecule has 3 N–H and O–H groups in total. The number of halogens is 1. The number of rotatable bonds is 8. The number of nitrogen functional groups attached to an aromatic ring is 1. The Kier molecular flexibility index (Phi) is 8.52. The van der Waals surface area contributed by atoms with E-state index in [2.05, 4.69) is 11.9 Å². The second-order valence-corrected chi connectivity index (χ2v) is 5.61. The van der Waals surface area contributed by atoms with Gasteiger partial charge in [-0.1, -0.05) is 18.2 Å². The molecule has 0 aliphatic carbocycles. The van der Waals surface area contributed by atoms with E-state index in [1.807, 2.05) is 30.3 Å². The average Bonchev–Trinajstić information content (AvgIpc) is 2.62. The quantitative estimate of drug-likeness (QED) is 0.547. The Bertz CT molecular complexity index is 745. The summed E-state index contributed by atoms with van der Waals surface area (Å²) in [6.45, 7) is 4.28. The minimum Gasteiger partial charge on any atom is -0.493 e. The van der Waals surface area contributed by atoms with E-state index < -0.39 is 0 Å². The number of ether oxygens (including phenoxy) is 2. The predicted molar refractivity (Wildman–Crippen MR) is 108 cm³/mol. The summed E-state index contributed by atoms with van der Waals surface area (Å²) in [6.07, 6.45) is 3.09. The first-order valence-corrected chi connectivity index (χ1v) is 8.07. The fourth-order valence-electron chi connectivity index (χ4n) is 2.59. The first kappa shape index (κ1) is 21.4. The lowest BCUT2D eigenvalue weighted by Gasteiger charge is -2.14. The van der Waals surface area contributed by atoms with Crippen LogP contribution >= 0.6 is 12.4 Å². The topological polar surface area (TPSA) is 73.6 Å². The summed E-state index contributed by atoms with van der Waals surface area (Å²) in [7, 11) is 3.13. The number of amides is 1. The molecule has 0 saturated heterocycles. The molecule has 6 heteroatoms. The van der Waals surface area contributed by atoms with Gasteiger partial charge in [-0.2, -0.15) is 0 Å². The minimum absolute atomic E-state index is 0. The van der Waals surface area contributed by atoms with E-state index in [0.29, 0.717) is 30.0 Å². The van der Waals surface area contributed by atoms with E-state index in [9.17, 15) is 4.79 Å². The second-order valence-electron chi connectivity index (χ2n) is 5.61. The Balaban J connectivity index is 0.00000338. The van der Waals surface area contributed by atoms with Gasteiger partial charge < -0.3 is 20.5 Å². The van der Waals surface area contributed by atoms with Crippen molar-refractivity contribution in [3.05, 3.63) is 65.7 Å². The number of anilines is 1. The Hall–Kier alpha value is -2.66. The number of allylic oxidation sites excluding steroid dienone is 1. The molecule has 140 valence electrons. The fourth-order valence-corrected chi connectivity index (χ4v) is 2.59. The Labute approximate surface area is 160 Å². The number of carbonyl (C=O) groups is 1. The molecule has 2 aromatic rings. The summed E-state index contributed by atoms with van der Waals surface area (Å²) >= 11 is 0. The van der Waals surface area contributed by atoms with E-state index in [4.69, 9.17) is 15.2 Å². The van der Waals surface area contributed by atoms with Crippen molar-refractivity contribution in [3.8, 4) is 11.5 Å². The Morgan fingerprint density at radius 3 is 2.46 bits per heavy atom. The van der Waals surface area contributed by atoms with Gasteiger partial charge in [0, 0.05) is 23.4 Å². The molecule has 26 heavy (non-hydrogen) atoms. The maximum absolute atomic E-state index is 12.5. The minimum atomic E-state index is -0.151. The summed E-state index contributed by atoms with van der Waals surface area (Å²) in [5, 5.41) is 2.93. The van der Waals surface area contributed by atoms with Crippen molar-refractivity contribution in [2.45, 2.75) is 12.8 Å². The molecule has 0 saturated carbocycles. The smallest absolute Gasteiger partial charge is 0.251 e. The van der Waals surface area contributed by atoms with Crippen LogP contribution in [0.3, 0.4) is 0 Å². The summed E-state index contributed by atoms with van der Waals surface area (Å²) < 4.78 is 10.7. The Morgan fingerprint density at radius 2 is 1.88 bits per heavy atom. The van der Waals surface area contributed by atoms with Crippen molar-refractivity contribution >= 4 is 24.0 Å².